The van der Waals surface area contributed by atoms with Crippen LogP contribution < -0.4 is 0 Å². The highest BCUT2D eigenvalue weighted by molar-refractivity contribution is 7.99. The maximum absolute atomic E-state index is 13.5. The van der Waals surface area contributed by atoms with E-state index < -0.39 is 0 Å². The average molecular weight is 434 g/mol. The van der Waals surface area contributed by atoms with Gasteiger partial charge in [-0.05, 0) is 56.1 Å². The van der Waals surface area contributed by atoms with Crippen molar-refractivity contribution in [3.8, 4) is 0 Å². The van der Waals surface area contributed by atoms with Crippen molar-refractivity contribution in [1.29, 1.82) is 0 Å². The van der Waals surface area contributed by atoms with Gasteiger partial charge in [-0.1, -0.05) is 13.0 Å². The number of halogens is 1. The largest absolute Gasteiger partial charge is 0.485 e. The van der Waals surface area contributed by atoms with Gasteiger partial charge in [0.25, 0.3) is 0 Å². The van der Waals surface area contributed by atoms with Crippen molar-refractivity contribution in [2.45, 2.75) is 45.1 Å². The summed E-state index contributed by atoms with van der Waals surface area (Å²) in [6, 6.07) is 6.16. The predicted octanol–water partition coefficient (Wildman–Crippen LogP) is 4.62. The van der Waals surface area contributed by atoms with E-state index in [9.17, 15) is 9.18 Å². The molecule has 0 radical (unpaired) electrons. The fraction of sp³-hybridized carbons (Fsp3) is 0.565. The topological polar surface area (TPSA) is 45.1 Å². The summed E-state index contributed by atoms with van der Waals surface area (Å²) in [6.45, 7) is 5.68. The fourth-order valence-corrected chi connectivity index (χ4v) is 4.72. The van der Waals surface area contributed by atoms with E-state index >= 15 is 0 Å². The van der Waals surface area contributed by atoms with Gasteiger partial charge in [0.2, 0.25) is 0 Å². The first-order valence-electron chi connectivity index (χ1n) is 10.9. The molecule has 30 heavy (non-hydrogen) atoms. The molecule has 3 rings (SSSR count). The molecule has 164 valence electrons. The molecule has 1 heterocycles. The number of nitrogens with zero attached hydrogens (tertiary/aromatic N) is 3. The fourth-order valence-electron chi connectivity index (χ4n) is 3.78. The zero-order valence-corrected chi connectivity index (χ0v) is 18.6. The van der Waals surface area contributed by atoms with Crippen LogP contribution in [0.2, 0.25) is 0 Å². The van der Waals surface area contributed by atoms with Crippen molar-refractivity contribution in [1.82, 2.24) is 9.80 Å². The molecule has 0 unspecified atom stereocenters. The number of rotatable bonds is 10. The Kier molecular flexibility index (Phi) is 9.21. The molecule has 1 aliphatic carbocycles. The highest BCUT2D eigenvalue weighted by Gasteiger charge is 2.24. The summed E-state index contributed by atoms with van der Waals surface area (Å²) in [4.78, 5) is 21.0. The molecule has 5 nitrogen and oxygen atoms in total. The van der Waals surface area contributed by atoms with Gasteiger partial charge in [0.15, 0.2) is 12.0 Å². The van der Waals surface area contributed by atoms with E-state index in [4.69, 9.17) is 4.74 Å². The Hall–Kier alpha value is -1.86. The number of thioether (sulfide) groups is 1. The minimum atomic E-state index is -0.328. The number of carbonyl (C=O) groups excluding carboxylic acids is 1. The summed E-state index contributed by atoms with van der Waals surface area (Å²) in [7, 11) is 0. The van der Waals surface area contributed by atoms with Gasteiger partial charge in [-0.15, -0.1) is 11.8 Å². The third-order valence-electron chi connectivity index (χ3n) is 5.43. The minimum Gasteiger partial charge on any atom is -0.485 e. The van der Waals surface area contributed by atoms with E-state index in [2.05, 4.69) is 21.7 Å². The zero-order valence-electron chi connectivity index (χ0n) is 17.8. The highest BCUT2D eigenvalue weighted by Crippen LogP contribution is 2.25. The average Bonchev–Trinajstić information content (AvgIpc) is 3.27. The molecule has 0 spiro atoms. The van der Waals surface area contributed by atoms with Gasteiger partial charge in [0, 0.05) is 32.1 Å². The molecule has 1 aliphatic heterocycles. The van der Waals surface area contributed by atoms with Crippen molar-refractivity contribution in [2.24, 2.45) is 4.99 Å². The van der Waals surface area contributed by atoms with Gasteiger partial charge in [-0.25, -0.2) is 4.39 Å². The van der Waals surface area contributed by atoms with Crippen molar-refractivity contribution >= 4 is 30.0 Å². The van der Waals surface area contributed by atoms with E-state index in [0.29, 0.717) is 17.1 Å². The van der Waals surface area contributed by atoms with Crippen LogP contribution in [0.5, 0.6) is 0 Å². The first-order valence-corrected chi connectivity index (χ1v) is 12.1. The molecule has 2 fully saturated rings. The highest BCUT2D eigenvalue weighted by atomic mass is 32.2. The van der Waals surface area contributed by atoms with Gasteiger partial charge in [-0.2, -0.15) is 0 Å². The van der Waals surface area contributed by atoms with Gasteiger partial charge in [-0.3, -0.25) is 14.7 Å². The molecule has 1 aromatic carbocycles. The van der Waals surface area contributed by atoms with Crippen molar-refractivity contribution in [3.63, 3.8) is 0 Å². The molecule has 1 saturated heterocycles. The smallest absolute Gasteiger partial charge is 0.186 e. The summed E-state index contributed by atoms with van der Waals surface area (Å²) in [6.07, 6.45) is 7.98. The van der Waals surface area contributed by atoms with Crippen LogP contribution in [-0.4, -0.2) is 66.2 Å². The Morgan fingerprint density at radius 1 is 1.27 bits per heavy atom. The Bertz CT molecular complexity index is 742. The second-order valence-corrected chi connectivity index (χ2v) is 8.85. The Morgan fingerprint density at radius 3 is 2.70 bits per heavy atom. The zero-order chi connectivity index (χ0) is 21.2. The lowest BCUT2D eigenvalue weighted by Crippen LogP contribution is -2.46. The van der Waals surface area contributed by atoms with Gasteiger partial charge in [0.05, 0.1) is 18.0 Å². The van der Waals surface area contributed by atoms with Crippen LogP contribution in [0.3, 0.4) is 0 Å². The quantitative estimate of drug-likeness (QED) is 0.177. The summed E-state index contributed by atoms with van der Waals surface area (Å²) in [5, 5.41) is 0. The number of hydrogen-bond donors (Lipinski definition) is 0. The van der Waals surface area contributed by atoms with Gasteiger partial charge < -0.3 is 9.64 Å². The molecule has 2 aliphatic rings. The van der Waals surface area contributed by atoms with Gasteiger partial charge >= 0.3 is 0 Å². The lowest BCUT2D eigenvalue weighted by Gasteiger charge is -2.36. The normalized spacial score (nSPS) is 19.3. The van der Waals surface area contributed by atoms with Gasteiger partial charge in [0.1, 0.15) is 11.5 Å². The number of allylic oxidation sites excluding steroid dienone is 2. The van der Waals surface area contributed by atoms with Crippen molar-refractivity contribution in [3.05, 3.63) is 41.5 Å². The van der Waals surface area contributed by atoms with Crippen LogP contribution in [0.1, 0.15) is 39.0 Å². The number of carbonyl (C=O) groups is 1. The number of ether oxygens (including phenoxy) is 1. The monoisotopic (exact) mass is 433 g/mol. The van der Waals surface area contributed by atoms with E-state index in [1.165, 1.54) is 24.3 Å². The molecular weight excluding hydrogens is 401 g/mol. The van der Waals surface area contributed by atoms with Crippen LogP contribution in [0.15, 0.2) is 40.7 Å². The third-order valence-corrected chi connectivity index (χ3v) is 6.68. The van der Waals surface area contributed by atoms with Crippen LogP contribution in [0.25, 0.3) is 0 Å². The summed E-state index contributed by atoms with van der Waals surface area (Å²) >= 11 is 1.96. The Labute approximate surface area is 183 Å². The first-order chi connectivity index (χ1) is 14.7. The molecular formula is C23H32FN3O2S. The summed E-state index contributed by atoms with van der Waals surface area (Å²) < 4.78 is 19.6. The van der Waals surface area contributed by atoms with Crippen LogP contribution >= 0.6 is 11.8 Å². The van der Waals surface area contributed by atoms with Crippen LogP contribution in [0, 0.1) is 5.82 Å². The molecule has 0 atom stereocenters. The van der Waals surface area contributed by atoms with E-state index in [0.717, 1.165) is 64.0 Å². The molecule has 0 bridgehead atoms. The summed E-state index contributed by atoms with van der Waals surface area (Å²) in [5.74, 6) is 2.23. The maximum Gasteiger partial charge on any atom is 0.186 e. The van der Waals surface area contributed by atoms with Crippen molar-refractivity contribution in [2.75, 3.05) is 37.8 Å². The Morgan fingerprint density at radius 2 is 2.03 bits per heavy atom. The first kappa shape index (κ1) is 22.8. The maximum atomic E-state index is 13.5. The van der Waals surface area contributed by atoms with E-state index in [1.807, 2.05) is 11.8 Å². The lowest BCUT2D eigenvalue weighted by atomic mass is 10.2. The number of piperazine rings is 1. The van der Waals surface area contributed by atoms with Crippen LogP contribution in [0.4, 0.5) is 10.1 Å². The number of aldehydes is 1. The predicted molar refractivity (Wildman–Crippen MR) is 122 cm³/mol. The number of benzene rings is 1. The molecule has 7 heteroatoms. The molecule has 0 N–H and O–H groups in total. The Balaban J connectivity index is 1.75. The second-order valence-electron chi connectivity index (χ2n) is 7.77. The molecule has 0 aromatic heterocycles. The number of aliphatic imine (C=N–C) groups is 1. The summed E-state index contributed by atoms with van der Waals surface area (Å²) in [5.41, 5.74) is 1.22. The molecule has 1 aromatic rings. The van der Waals surface area contributed by atoms with E-state index in [1.54, 1.807) is 18.3 Å². The van der Waals surface area contributed by atoms with E-state index in [-0.39, 0.29) is 11.9 Å². The third kappa shape index (κ3) is 6.84. The molecule has 0 amide bonds. The van der Waals surface area contributed by atoms with Crippen molar-refractivity contribution < 1.29 is 13.9 Å². The number of hydrogen-bond acceptors (Lipinski definition) is 6. The lowest BCUT2D eigenvalue weighted by molar-refractivity contribution is -0.109. The van der Waals surface area contributed by atoms with Crippen LogP contribution in [-0.2, 0) is 9.53 Å². The SMILES string of the molecule is CCCSCN1CCN(C(C=Nc2cccc(F)c2)=C(C=O)OC2CCCC2)CC1. The minimum absolute atomic E-state index is 0.0921. The second kappa shape index (κ2) is 12.1. The molecule has 1 saturated carbocycles. The standard InChI is InChI=1S/C23H32FN3O2S/c1-2-14-30-18-26-10-12-27(13-11-26)22(16-25-20-7-5-6-19(24)15-20)23(17-28)29-21-8-3-4-9-21/h5-7,15-17,21H,2-4,8-14,18H2,1H3.